The van der Waals surface area contributed by atoms with Gasteiger partial charge in [-0.15, -0.1) is 0 Å². The van der Waals surface area contributed by atoms with Crippen LogP contribution in [-0.4, -0.2) is 46.8 Å². The Balaban J connectivity index is 2.07. The van der Waals surface area contributed by atoms with Crippen LogP contribution in [0.25, 0.3) is 28.2 Å². The van der Waals surface area contributed by atoms with Gasteiger partial charge in [0.1, 0.15) is 11.3 Å². The molecule has 32 heavy (non-hydrogen) atoms. The summed E-state index contributed by atoms with van der Waals surface area (Å²) in [4.78, 5) is 35.9. The number of hydrogen-bond donors (Lipinski definition) is 2. The number of carbonyl (C=O) groups excluding carboxylic acids is 1. The van der Waals surface area contributed by atoms with Crippen LogP contribution in [0, 0.1) is 5.82 Å². The number of fused-ring (bicyclic) bond motifs is 1. The van der Waals surface area contributed by atoms with E-state index in [1.165, 1.54) is 39.5 Å². The molecule has 2 aromatic heterocycles. The van der Waals surface area contributed by atoms with Crippen molar-refractivity contribution in [1.29, 1.82) is 0 Å². The maximum Gasteiger partial charge on any atom is 0.332 e. The van der Waals surface area contributed by atoms with E-state index in [1.54, 1.807) is 18.2 Å². The van der Waals surface area contributed by atoms with Gasteiger partial charge in [-0.1, -0.05) is 12.1 Å². The van der Waals surface area contributed by atoms with Crippen LogP contribution in [-0.2, 0) is 0 Å². The molecule has 0 spiro atoms. The van der Waals surface area contributed by atoms with Gasteiger partial charge in [-0.25, -0.2) is 23.7 Å². The molecule has 0 saturated heterocycles. The first-order chi connectivity index (χ1) is 15.4. The molecule has 4 aromatic rings. The van der Waals surface area contributed by atoms with E-state index in [9.17, 15) is 14.0 Å². The smallest absolute Gasteiger partial charge is 0.332 e. The van der Waals surface area contributed by atoms with Crippen molar-refractivity contribution in [2.45, 2.75) is 0 Å². The van der Waals surface area contributed by atoms with E-state index in [-0.39, 0.29) is 28.4 Å². The zero-order valence-electron chi connectivity index (χ0n) is 17.3. The number of carbonyl (C=O) groups is 1. The number of aromatic amines is 1. The third kappa shape index (κ3) is 3.29. The Labute approximate surface area is 180 Å². The lowest BCUT2D eigenvalue weighted by Gasteiger charge is -2.14. The van der Waals surface area contributed by atoms with Crippen molar-refractivity contribution in [2.24, 2.45) is 5.73 Å². The summed E-state index contributed by atoms with van der Waals surface area (Å²) in [5.74, 6) is -0.509. The molecule has 3 N–H and O–H groups in total. The van der Waals surface area contributed by atoms with Gasteiger partial charge in [0.25, 0.3) is 5.91 Å². The molecule has 0 bridgehead atoms. The van der Waals surface area contributed by atoms with Gasteiger partial charge in [-0.3, -0.25) is 4.79 Å². The number of benzene rings is 2. The second kappa shape index (κ2) is 8.02. The summed E-state index contributed by atoms with van der Waals surface area (Å²) in [5.41, 5.74) is 4.88. The zero-order valence-corrected chi connectivity index (χ0v) is 17.3. The molecule has 1 amide bonds. The minimum absolute atomic E-state index is 0.0121. The number of methoxy groups -OCH3 is 3. The number of amides is 1. The Hall–Kier alpha value is -4.41. The van der Waals surface area contributed by atoms with Crippen LogP contribution in [0.1, 0.15) is 10.5 Å². The molecule has 4 rings (SSSR count). The van der Waals surface area contributed by atoms with E-state index < -0.39 is 17.4 Å². The van der Waals surface area contributed by atoms with Crippen molar-refractivity contribution in [3.8, 4) is 34.3 Å². The molecule has 0 aliphatic carbocycles. The minimum atomic E-state index is -0.895. The predicted molar refractivity (Wildman–Crippen MR) is 113 cm³/mol. The lowest BCUT2D eigenvalue weighted by molar-refractivity contribution is 0.0997. The van der Waals surface area contributed by atoms with E-state index in [2.05, 4.69) is 15.0 Å². The lowest BCUT2D eigenvalue weighted by Crippen LogP contribution is -2.16. The molecule has 0 fully saturated rings. The molecule has 164 valence electrons. The van der Waals surface area contributed by atoms with Crippen molar-refractivity contribution in [3.05, 3.63) is 58.4 Å². The van der Waals surface area contributed by atoms with E-state index in [0.29, 0.717) is 22.8 Å². The number of imidazole rings is 1. The zero-order chi connectivity index (χ0) is 23.0. The van der Waals surface area contributed by atoms with Crippen LogP contribution in [0.4, 0.5) is 4.39 Å². The maximum absolute atomic E-state index is 14.5. The highest BCUT2D eigenvalue weighted by molar-refractivity contribution is 6.02. The van der Waals surface area contributed by atoms with Crippen LogP contribution in [0.15, 0.2) is 41.2 Å². The summed E-state index contributed by atoms with van der Waals surface area (Å²) in [6, 6.07) is 8.83. The van der Waals surface area contributed by atoms with Crippen molar-refractivity contribution in [2.75, 3.05) is 21.3 Å². The number of para-hydroxylation sites is 1. The molecule has 0 saturated carbocycles. The van der Waals surface area contributed by atoms with Crippen molar-refractivity contribution < 1.29 is 23.4 Å². The topological polar surface area (TPSA) is 134 Å². The summed E-state index contributed by atoms with van der Waals surface area (Å²) in [7, 11) is 4.35. The molecule has 0 aliphatic rings. The third-order valence-corrected chi connectivity index (χ3v) is 4.79. The van der Waals surface area contributed by atoms with Gasteiger partial charge in [0, 0.05) is 5.56 Å². The Morgan fingerprint density at radius 3 is 2.28 bits per heavy atom. The predicted octanol–water partition coefficient (Wildman–Crippen LogP) is 2.04. The number of H-pyrrole nitrogens is 1. The molecule has 0 radical (unpaired) electrons. The second-order valence-corrected chi connectivity index (χ2v) is 6.59. The fourth-order valence-corrected chi connectivity index (χ4v) is 3.36. The van der Waals surface area contributed by atoms with Crippen LogP contribution in [0.2, 0.25) is 0 Å². The standard InChI is InChI=1S/C21H18FN5O5/c1-30-13-8-10(9-14(31-2)17(13)32-3)19-24-15(18(23)28)16-20(26-19)27(21(29)25-16)12-7-5-4-6-11(12)22/h4-9H,1-3H3,(H2,23,28)(H,25,29). The van der Waals surface area contributed by atoms with Crippen LogP contribution in [0.3, 0.4) is 0 Å². The van der Waals surface area contributed by atoms with Crippen molar-refractivity contribution in [1.82, 2.24) is 19.5 Å². The van der Waals surface area contributed by atoms with Gasteiger partial charge < -0.3 is 24.9 Å². The Bertz CT molecular complexity index is 1390. The monoisotopic (exact) mass is 439 g/mol. The number of ether oxygens (including phenoxy) is 3. The number of rotatable bonds is 6. The SMILES string of the molecule is COc1cc(-c2nc(C(N)=O)c3[nH]c(=O)n(-c4ccccc4F)c3n2)cc(OC)c1OC. The van der Waals surface area contributed by atoms with Crippen molar-refractivity contribution >= 4 is 17.1 Å². The van der Waals surface area contributed by atoms with Gasteiger partial charge in [-0.05, 0) is 24.3 Å². The number of hydrogen-bond acceptors (Lipinski definition) is 7. The van der Waals surface area contributed by atoms with Gasteiger partial charge in [0.15, 0.2) is 28.7 Å². The van der Waals surface area contributed by atoms with Gasteiger partial charge >= 0.3 is 5.69 Å². The van der Waals surface area contributed by atoms with E-state index >= 15 is 0 Å². The van der Waals surface area contributed by atoms with Crippen LogP contribution in [0.5, 0.6) is 17.2 Å². The van der Waals surface area contributed by atoms with Crippen LogP contribution >= 0.6 is 0 Å². The number of primary amides is 1. The first kappa shape index (κ1) is 20.8. The highest BCUT2D eigenvalue weighted by Crippen LogP contribution is 2.40. The molecule has 0 unspecified atom stereocenters. The highest BCUT2D eigenvalue weighted by Gasteiger charge is 2.23. The summed E-state index contributed by atoms with van der Waals surface area (Å²) >= 11 is 0. The van der Waals surface area contributed by atoms with E-state index in [4.69, 9.17) is 19.9 Å². The van der Waals surface area contributed by atoms with Gasteiger partial charge in [0.2, 0.25) is 5.75 Å². The Morgan fingerprint density at radius 1 is 1.06 bits per heavy atom. The number of halogens is 1. The molecular weight excluding hydrogens is 421 g/mol. The Kier molecular flexibility index (Phi) is 5.23. The fourth-order valence-electron chi connectivity index (χ4n) is 3.36. The van der Waals surface area contributed by atoms with Crippen LogP contribution < -0.4 is 25.6 Å². The first-order valence-corrected chi connectivity index (χ1v) is 9.27. The summed E-state index contributed by atoms with van der Waals surface area (Å²) in [6.07, 6.45) is 0. The second-order valence-electron chi connectivity index (χ2n) is 6.59. The summed E-state index contributed by atoms with van der Waals surface area (Å²) in [5, 5.41) is 0. The van der Waals surface area contributed by atoms with Crippen molar-refractivity contribution in [3.63, 3.8) is 0 Å². The molecule has 0 aliphatic heterocycles. The molecular formula is C21H18FN5O5. The van der Waals surface area contributed by atoms with E-state index in [1.807, 2.05) is 0 Å². The number of nitrogens with one attached hydrogen (secondary N) is 1. The first-order valence-electron chi connectivity index (χ1n) is 9.27. The van der Waals surface area contributed by atoms with Gasteiger partial charge in [-0.2, -0.15) is 0 Å². The lowest BCUT2D eigenvalue weighted by atomic mass is 10.1. The molecule has 2 aromatic carbocycles. The maximum atomic E-state index is 14.5. The molecule has 10 nitrogen and oxygen atoms in total. The normalized spacial score (nSPS) is 10.9. The largest absolute Gasteiger partial charge is 0.493 e. The fraction of sp³-hybridized carbons (Fsp3) is 0.143. The average molecular weight is 439 g/mol. The number of nitrogens with two attached hydrogens (primary N) is 1. The summed E-state index contributed by atoms with van der Waals surface area (Å²) < 4.78 is 31.5. The minimum Gasteiger partial charge on any atom is -0.493 e. The Morgan fingerprint density at radius 2 is 1.72 bits per heavy atom. The number of aromatic nitrogens is 4. The van der Waals surface area contributed by atoms with E-state index in [0.717, 1.165) is 4.57 Å². The highest BCUT2D eigenvalue weighted by atomic mass is 19.1. The number of nitrogens with zero attached hydrogens (tertiary/aromatic N) is 3. The third-order valence-electron chi connectivity index (χ3n) is 4.79. The molecule has 2 heterocycles. The molecule has 11 heteroatoms. The summed E-state index contributed by atoms with van der Waals surface area (Å²) in [6.45, 7) is 0. The van der Waals surface area contributed by atoms with Gasteiger partial charge in [0.05, 0.1) is 27.0 Å². The average Bonchev–Trinajstić information content (AvgIpc) is 3.12. The quantitative estimate of drug-likeness (QED) is 0.469. The molecule has 0 atom stereocenters.